The monoisotopic (exact) mass is 322 g/mol. The number of hydrogen-bond acceptors (Lipinski definition) is 1. The first-order valence-electron chi connectivity index (χ1n) is 5.88. The van der Waals surface area contributed by atoms with Crippen LogP contribution in [0.5, 0.6) is 0 Å². The average molecular weight is 322 g/mol. The Hall–Kier alpha value is -2.25. The Kier molecular flexibility index (Phi) is 3.59. The van der Waals surface area contributed by atoms with E-state index in [1.54, 1.807) is 0 Å². The van der Waals surface area contributed by atoms with Crippen LogP contribution in [0.1, 0.15) is 5.56 Å². The number of aliphatic carboxylic acids is 1. The fourth-order valence-corrected chi connectivity index (χ4v) is 2.38. The molecule has 2 nitrogen and oxygen atoms in total. The number of hydrogen-bond donors (Lipinski definition) is 1. The van der Waals surface area contributed by atoms with Crippen molar-refractivity contribution in [2.24, 2.45) is 0 Å². The van der Waals surface area contributed by atoms with Crippen LogP contribution in [-0.4, -0.2) is 23.4 Å². The zero-order valence-corrected chi connectivity index (χ0v) is 10.7. The fraction of sp³-hybridized carbons (Fsp3) is 0.214. The highest BCUT2D eigenvalue weighted by Gasteiger charge is 2.77. The predicted octanol–water partition coefficient (Wildman–Crippen LogP) is 4.29. The molecule has 0 aliphatic carbocycles. The van der Waals surface area contributed by atoms with Gasteiger partial charge in [-0.25, -0.2) is 0 Å². The molecule has 0 heterocycles. The number of fused-ring (bicyclic) bond motifs is 1. The van der Waals surface area contributed by atoms with Crippen LogP contribution in [-0.2, 0) is 10.2 Å². The van der Waals surface area contributed by atoms with Crippen LogP contribution in [0.25, 0.3) is 10.8 Å². The van der Waals surface area contributed by atoms with Gasteiger partial charge in [-0.3, -0.25) is 4.79 Å². The third-order valence-corrected chi connectivity index (χ3v) is 3.36. The lowest BCUT2D eigenvalue weighted by Crippen LogP contribution is -2.59. The highest BCUT2D eigenvalue weighted by molar-refractivity contribution is 5.94. The second-order valence-corrected chi connectivity index (χ2v) is 4.58. The van der Waals surface area contributed by atoms with Gasteiger partial charge >= 0.3 is 18.3 Å². The maximum absolute atomic E-state index is 13.2. The minimum atomic E-state index is -6.05. The summed E-state index contributed by atoms with van der Waals surface area (Å²) in [4.78, 5) is 11.1. The highest BCUT2D eigenvalue weighted by Crippen LogP contribution is 2.53. The largest absolute Gasteiger partial charge is 0.480 e. The summed E-state index contributed by atoms with van der Waals surface area (Å²) in [5.41, 5.74) is -6.33. The van der Waals surface area contributed by atoms with E-state index in [4.69, 9.17) is 5.11 Å². The van der Waals surface area contributed by atoms with E-state index in [2.05, 4.69) is 0 Å². The number of carboxylic acids is 1. The molecule has 0 radical (unpaired) electrons. The van der Waals surface area contributed by atoms with Gasteiger partial charge in [0.15, 0.2) is 0 Å². The van der Waals surface area contributed by atoms with E-state index >= 15 is 0 Å². The smallest absolute Gasteiger partial charge is 0.417 e. The first-order chi connectivity index (χ1) is 10.0. The second-order valence-electron chi connectivity index (χ2n) is 4.58. The van der Waals surface area contributed by atoms with Crippen LogP contribution in [0.2, 0.25) is 0 Å². The molecule has 0 spiro atoms. The standard InChI is InChI=1S/C14H8F6O2/c15-13(16,17)12(11(21)22,14(18,19)20)10-7-3-5-8-4-1-2-6-9(8)10/h1-7H,(H,21,22). The van der Waals surface area contributed by atoms with Crippen molar-refractivity contribution in [3.63, 3.8) is 0 Å². The average Bonchev–Trinajstić information content (AvgIpc) is 2.35. The van der Waals surface area contributed by atoms with Gasteiger partial charge in [-0.05, 0) is 16.3 Å². The van der Waals surface area contributed by atoms with Gasteiger partial charge in [0, 0.05) is 0 Å². The Bertz CT molecular complexity index is 698. The minimum absolute atomic E-state index is 0.0825. The normalized spacial score (nSPS) is 13.4. The summed E-state index contributed by atoms with van der Waals surface area (Å²) in [6.07, 6.45) is -12.1. The lowest BCUT2D eigenvalue weighted by atomic mass is 9.76. The van der Waals surface area contributed by atoms with Crippen LogP contribution >= 0.6 is 0 Å². The van der Waals surface area contributed by atoms with Crippen LogP contribution in [0.15, 0.2) is 42.5 Å². The van der Waals surface area contributed by atoms with Crippen molar-refractivity contribution < 1.29 is 36.2 Å². The summed E-state index contributed by atoms with van der Waals surface area (Å²) in [5, 5.41) is 8.54. The molecular weight excluding hydrogens is 314 g/mol. The van der Waals surface area contributed by atoms with Gasteiger partial charge in [-0.2, -0.15) is 26.3 Å². The number of rotatable bonds is 2. The zero-order valence-electron chi connectivity index (χ0n) is 10.7. The molecule has 2 rings (SSSR count). The van der Waals surface area contributed by atoms with Crippen molar-refractivity contribution in [3.8, 4) is 0 Å². The van der Waals surface area contributed by atoms with Crippen molar-refractivity contribution in [2.75, 3.05) is 0 Å². The molecule has 8 heteroatoms. The van der Waals surface area contributed by atoms with Gasteiger partial charge in [-0.1, -0.05) is 42.5 Å². The van der Waals surface area contributed by atoms with E-state index in [1.807, 2.05) is 0 Å². The van der Waals surface area contributed by atoms with Gasteiger partial charge in [0.1, 0.15) is 0 Å². The number of carboxylic acid groups (broad SMARTS) is 1. The number of carbonyl (C=O) groups is 1. The molecule has 22 heavy (non-hydrogen) atoms. The lowest BCUT2D eigenvalue weighted by molar-refractivity contribution is -0.297. The molecule has 0 unspecified atom stereocenters. The predicted molar refractivity (Wildman–Crippen MR) is 65.4 cm³/mol. The first kappa shape index (κ1) is 16.1. The van der Waals surface area contributed by atoms with Crippen molar-refractivity contribution in [1.82, 2.24) is 0 Å². The van der Waals surface area contributed by atoms with Gasteiger partial charge in [-0.15, -0.1) is 0 Å². The Morgan fingerprint density at radius 2 is 1.32 bits per heavy atom. The maximum Gasteiger partial charge on any atom is 0.417 e. The van der Waals surface area contributed by atoms with Crippen LogP contribution < -0.4 is 0 Å². The van der Waals surface area contributed by atoms with E-state index in [9.17, 15) is 31.1 Å². The third kappa shape index (κ3) is 2.10. The fourth-order valence-electron chi connectivity index (χ4n) is 2.38. The molecule has 118 valence electrons. The first-order valence-corrected chi connectivity index (χ1v) is 5.88. The van der Waals surface area contributed by atoms with Crippen LogP contribution in [0.3, 0.4) is 0 Å². The van der Waals surface area contributed by atoms with Crippen LogP contribution in [0, 0.1) is 0 Å². The van der Waals surface area contributed by atoms with Crippen molar-refractivity contribution in [3.05, 3.63) is 48.0 Å². The molecule has 1 N–H and O–H groups in total. The number of halogens is 6. The summed E-state index contributed by atoms with van der Waals surface area (Å²) in [6, 6.07) is 7.81. The van der Waals surface area contributed by atoms with E-state index in [0.29, 0.717) is 6.07 Å². The van der Waals surface area contributed by atoms with Crippen LogP contribution in [0.4, 0.5) is 26.3 Å². The minimum Gasteiger partial charge on any atom is -0.480 e. The van der Waals surface area contributed by atoms with Crippen molar-refractivity contribution in [2.45, 2.75) is 17.8 Å². The Labute approximate surface area is 120 Å². The summed E-state index contributed by atoms with van der Waals surface area (Å²) < 4.78 is 79.4. The number of alkyl halides is 6. The Morgan fingerprint density at radius 1 is 0.818 bits per heavy atom. The van der Waals surface area contributed by atoms with Crippen molar-refractivity contribution in [1.29, 1.82) is 0 Å². The molecule has 0 amide bonds. The second kappa shape index (κ2) is 4.89. The summed E-state index contributed by atoms with van der Waals surface area (Å²) >= 11 is 0. The molecule has 0 saturated carbocycles. The molecule has 0 saturated heterocycles. The molecule has 0 atom stereocenters. The molecule has 2 aromatic rings. The number of benzene rings is 2. The Morgan fingerprint density at radius 3 is 1.82 bits per heavy atom. The van der Waals surface area contributed by atoms with Crippen molar-refractivity contribution >= 4 is 16.7 Å². The molecule has 0 aliphatic heterocycles. The maximum atomic E-state index is 13.2. The quantitative estimate of drug-likeness (QED) is 0.838. The molecular formula is C14H8F6O2. The van der Waals surface area contributed by atoms with Gasteiger partial charge in [0.25, 0.3) is 5.41 Å². The van der Waals surface area contributed by atoms with Gasteiger partial charge in [0.2, 0.25) is 0 Å². The Balaban J connectivity index is 2.99. The topological polar surface area (TPSA) is 37.3 Å². The highest BCUT2D eigenvalue weighted by atomic mass is 19.4. The zero-order chi connectivity index (χ0) is 16.8. The molecule has 0 fully saturated rings. The van der Waals surface area contributed by atoms with E-state index in [1.165, 1.54) is 24.3 Å². The summed E-state index contributed by atoms with van der Waals surface area (Å²) in [5.74, 6) is -3.01. The van der Waals surface area contributed by atoms with E-state index < -0.39 is 34.7 Å². The summed E-state index contributed by atoms with van der Waals surface area (Å²) in [6.45, 7) is 0. The lowest BCUT2D eigenvalue weighted by Gasteiger charge is -2.34. The molecule has 0 aliphatic rings. The SMILES string of the molecule is O=C(O)C(c1cccc2ccccc12)(C(F)(F)F)C(F)(F)F. The van der Waals surface area contributed by atoms with Gasteiger partial charge in [0.05, 0.1) is 0 Å². The third-order valence-electron chi connectivity index (χ3n) is 3.36. The summed E-state index contributed by atoms with van der Waals surface area (Å²) in [7, 11) is 0. The van der Waals surface area contributed by atoms with Gasteiger partial charge < -0.3 is 5.11 Å². The van der Waals surface area contributed by atoms with E-state index in [0.717, 1.165) is 12.1 Å². The van der Waals surface area contributed by atoms with E-state index in [-0.39, 0.29) is 5.39 Å². The molecule has 2 aromatic carbocycles. The molecule has 0 aromatic heterocycles. The molecule has 0 bridgehead atoms.